The number of benzene rings is 2. The second kappa shape index (κ2) is 8.63. The van der Waals surface area contributed by atoms with Gasteiger partial charge in [-0.3, -0.25) is 4.79 Å². The monoisotopic (exact) mass is 560 g/mol. The van der Waals surface area contributed by atoms with Crippen LogP contribution in [0.3, 0.4) is 0 Å². The number of likely N-dealkylation sites (tertiary alicyclic amines) is 1. The van der Waals surface area contributed by atoms with E-state index < -0.39 is 34.6 Å². The van der Waals surface area contributed by atoms with Crippen molar-refractivity contribution in [3.63, 3.8) is 0 Å². The van der Waals surface area contributed by atoms with Gasteiger partial charge in [0, 0.05) is 21.7 Å². The summed E-state index contributed by atoms with van der Waals surface area (Å²) in [7, 11) is 0. The number of thiazole rings is 1. The third kappa shape index (κ3) is 4.62. The molecular weight excluding hydrogens is 544 g/mol. The Morgan fingerprint density at radius 1 is 1.23 bits per heavy atom. The van der Waals surface area contributed by atoms with Gasteiger partial charge in [-0.1, -0.05) is 0 Å². The third-order valence-corrected chi connectivity index (χ3v) is 6.18. The summed E-state index contributed by atoms with van der Waals surface area (Å²) in [5.41, 5.74) is -1.88. The highest BCUT2D eigenvalue weighted by molar-refractivity contribution is 14.1. The maximum absolute atomic E-state index is 14.5. The Morgan fingerprint density at radius 2 is 2.00 bits per heavy atom. The number of nitrogens with zero attached hydrogens (tertiary/aromatic N) is 2. The fraction of sp³-hybridized carbons (Fsp3) is 0.200. The van der Waals surface area contributed by atoms with E-state index >= 15 is 0 Å². The lowest BCUT2D eigenvalue weighted by molar-refractivity contribution is -0.0706. The molecule has 0 aliphatic carbocycles. The van der Waals surface area contributed by atoms with E-state index in [4.69, 9.17) is 0 Å². The first-order chi connectivity index (χ1) is 14.8. The number of aliphatic hydroxyl groups is 1. The number of aromatic nitrogens is 1. The molecule has 162 valence electrons. The van der Waals surface area contributed by atoms with Crippen LogP contribution < -0.4 is 10.6 Å². The topological polar surface area (TPSA) is 77.5 Å². The molecule has 6 nitrogen and oxygen atoms in total. The molecule has 0 bridgehead atoms. The highest BCUT2D eigenvalue weighted by Gasteiger charge is 2.44. The average molecular weight is 560 g/mol. The van der Waals surface area contributed by atoms with Crippen LogP contribution in [0.15, 0.2) is 41.9 Å². The van der Waals surface area contributed by atoms with Crippen LogP contribution in [0.25, 0.3) is 0 Å². The molecule has 1 aliphatic heterocycles. The van der Waals surface area contributed by atoms with E-state index in [2.05, 4.69) is 15.6 Å². The van der Waals surface area contributed by atoms with E-state index in [-0.39, 0.29) is 30.9 Å². The van der Waals surface area contributed by atoms with Crippen molar-refractivity contribution in [1.82, 2.24) is 9.88 Å². The Kier molecular flexibility index (Phi) is 6.08. The minimum Gasteiger partial charge on any atom is -0.384 e. The number of halogens is 4. The Hall–Kier alpha value is -2.38. The van der Waals surface area contributed by atoms with Gasteiger partial charge in [0.15, 0.2) is 16.8 Å². The van der Waals surface area contributed by atoms with Crippen LogP contribution in [-0.2, 0) is 0 Å². The second-order valence-corrected chi connectivity index (χ2v) is 9.25. The van der Waals surface area contributed by atoms with Gasteiger partial charge in [-0.2, -0.15) is 0 Å². The standard InChI is InChI=1S/C20H16F3IN4O2S/c21-13-3-2-12(17(16(13)23)27-15-4-1-11(24)7-14(15)22)18(29)28-9-20(30,10-28)8-26-19-25-5-6-31-19/h1-7,27,30H,8-10H2,(H,25,26). The van der Waals surface area contributed by atoms with Crippen LogP contribution in [0, 0.1) is 21.0 Å². The summed E-state index contributed by atoms with van der Waals surface area (Å²) in [5, 5.41) is 18.5. The SMILES string of the molecule is O=C(c1ccc(F)c(F)c1Nc1ccc(I)cc1F)N1CC(O)(CNc2nccs2)C1. The van der Waals surface area contributed by atoms with Gasteiger partial charge >= 0.3 is 0 Å². The minimum absolute atomic E-state index is 0.000533. The fourth-order valence-electron chi connectivity index (χ4n) is 3.22. The number of carbonyl (C=O) groups is 1. The van der Waals surface area contributed by atoms with E-state index in [0.29, 0.717) is 8.70 Å². The Balaban J connectivity index is 1.51. The first kappa shape index (κ1) is 21.8. The predicted octanol–water partition coefficient (Wildman–Crippen LogP) is 4.21. The van der Waals surface area contributed by atoms with Crippen molar-refractivity contribution in [3.05, 3.63) is 68.5 Å². The lowest BCUT2D eigenvalue weighted by Crippen LogP contribution is -2.66. The number of carbonyl (C=O) groups excluding carboxylic acids is 1. The first-order valence-electron chi connectivity index (χ1n) is 9.11. The van der Waals surface area contributed by atoms with Crippen LogP contribution in [0.5, 0.6) is 0 Å². The highest BCUT2D eigenvalue weighted by Crippen LogP contribution is 2.32. The smallest absolute Gasteiger partial charge is 0.256 e. The van der Waals surface area contributed by atoms with E-state index in [1.807, 2.05) is 22.6 Å². The molecule has 2 heterocycles. The summed E-state index contributed by atoms with van der Waals surface area (Å²) in [6, 6.07) is 6.18. The lowest BCUT2D eigenvalue weighted by Gasteiger charge is -2.46. The fourth-order valence-corrected chi connectivity index (χ4v) is 4.20. The van der Waals surface area contributed by atoms with E-state index in [0.717, 1.165) is 12.1 Å². The molecule has 1 amide bonds. The highest BCUT2D eigenvalue weighted by atomic mass is 127. The van der Waals surface area contributed by atoms with Crippen molar-refractivity contribution in [3.8, 4) is 0 Å². The molecule has 4 rings (SSSR count). The quantitative estimate of drug-likeness (QED) is 0.394. The third-order valence-electron chi connectivity index (χ3n) is 4.77. The molecule has 3 N–H and O–H groups in total. The molecule has 0 saturated carbocycles. The van der Waals surface area contributed by atoms with E-state index in [1.54, 1.807) is 17.6 Å². The molecule has 0 spiro atoms. The van der Waals surface area contributed by atoms with Gasteiger partial charge in [0.05, 0.1) is 30.0 Å². The molecule has 0 unspecified atom stereocenters. The molecule has 2 aromatic carbocycles. The summed E-state index contributed by atoms with van der Waals surface area (Å²) >= 11 is 3.30. The summed E-state index contributed by atoms with van der Waals surface area (Å²) in [6.45, 7) is 0.183. The average Bonchev–Trinajstić information content (AvgIpc) is 3.23. The Bertz CT molecular complexity index is 1120. The maximum Gasteiger partial charge on any atom is 0.256 e. The summed E-state index contributed by atoms with van der Waals surface area (Å²) in [4.78, 5) is 18.3. The maximum atomic E-state index is 14.5. The summed E-state index contributed by atoms with van der Waals surface area (Å²) < 4.78 is 43.2. The molecule has 1 saturated heterocycles. The number of hydrogen-bond acceptors (Lipinski definition) is 6. The van der Waals surface area contributed by atoms with Crippen LogP contribution >= 0.6 is 33.9 Å². The van der Waals surface area contributed by atoms with Gasteiger partial charge in [0.2, 0.25) is 0 Å². The molecule has 1 fully saturated rings. The van der Waals surface area contributed by atoms with Crippen LogP contribution in [0.2, 0.25) is 0 Å². The van der Waals surface area contributed by atoms with Gasteiger partial charge in [-0.15, -0.1) is 11.3 Å². The Labute approximate surface area is 193 Å². The van der Waals surface area contributed by atoms with Gasteiger partial charge in [-0.05, 0) is 52.9 Å². The summed E-state index contributed by atoms with van der Waals surface area (Å²) in [6.07, 6.45) is 1.63. The number of amides is 1. The van der Waals surface area contributed by atoms with Crippen LogP contribution in [0.1, 0.15) is 10.4 Å². The molecule has 3 aromatic rings. The number of rotatable bonds is 6. The summed E-state index contributed by atoms with van der Waals surface area (Å²) in [5.74, 6) is -3.73. The molecule has 1 aromatic heterocycles. The number of nitrogens with one attached hydrogen (secondary N) is 2. The van der Waals surface area contributed by atoms with Crippen LogP contribution in [0.4, 0.5) is 29.7 Å². The van der Waals surface area contributed by atoms with E-state index in [9.17, 15) is 23.1 Å². The van der Waals surface area contributed by atoms with Crippen molar-refractivity contribution in [2.24, 2.45) is 0 Å². The molecule has 0 atom stereocenters. The van der Waals surface area contributed by atoms with Gasteiger partial charge < -0.3 is 20.6 Å². The van der Waals surface area contributed by atoms with E-state index in [1.165, 1.54) is 28.4 Å². The normalized spacial score (nSPS) is 14.8. The van der Waals surface area contributed by atoms with Crippen molar-refractivity contribution in [2.45, 2.75) is 5.60 Å². The van der Waals surface area contributed by atoms with Crippen molar-refractivity contribution in [2.75, 3.05) is 30.3 Å². The number of β-amino-alcohol motifs (C(OH)–C–C–N with tert-alkyl or cyclic N) is 1. The van der Waals surface area contributed by atoms with Crippen molar-refractivity contribution < 1.29 is 23.1 Å². The largest absolute Gasteiger partial charge is 0.384 e. The molecular formula is C20H16F3IN4O2S. The molecule has 31 heavy (non-hydrogen) atoms. The van der Waals surface area contributed by atoms with Crippen molar-refractivity contribution in [1.29, 1.82) is 0 Å². The predicted molar refractivity (Wildman–Crippen MR) is 120 cm³/mol. The molecule has 11 heteroatoms. The first-order valence-corrected chi connectivity index (χ1v) is 11.1. The molecule has 0 radical (unpaired) electrons. The molecule has 1 aliphatic rings. The zero-order chi connectivity index (χ0) is 22.2. The number of anilines is 3. The Morgan fingerprint density at radius 3 is 2.68 bits per heavy atom. The lowest BCUT2D eigenvalue weighted by atomic mass is 9.93. The minimum atomic E-state index is -1.29. The van der Waals surface area contributed by atoms with Crippen molar-refractivity contribution >= 4 is 56.3 Å². The van der Waals surface area contributed by atoms with Gasteiger partial charge in [0.1, 0.15) is 11.4 Å². The van der Waals surface area contributed by atoms with Gasteiger partial charge in [0.25, 0.3) is 5.91 Å². The van der Waals surface area contributed by atoms with Crippen LogP contribution in [-0.4, -0.2) is 46.1 Å². The number of hydrogen-bond donors (Lipinski definition) is 3. The van der Waals surface area contributed by atoms with Gasteiger partial charge in [-0.25, -0.2) is 18.2 Å². The zero-order valence-corrected chi connectivity index (χ0v) is 18.8. The second-order valence-electron chi connectivity index (χ2n) is 7.11. The zero-order valence-electron chi connectivity index (χ0n) is 15.8.